The summed E-state index contributed by atoms with van der Waals surface area (Å²) in [5.74, 6) is 0. The molecular weight excluding hydrogens is 230 g/mol. The van der Waals surface area contributed by atoms with E-state index in [1.54, 1.807) is 17.7 Å². The van der Waals surface area contributed by atoms with Crippen LogP contribution in [0.25, 0.3) is 0 Å². The molecule has 0 bridgehead atoms. The van der Waals surface area contributed by atoms with Gasteiger partial charge in [-0.1, -0.05) is 12.8 Å². The lowest BCUT2D eigenvalue weighted by molar-refractivity contribution is 0.489. The Balaban J connectivity index is 1.81. The second-order valence-corrected chi connectivity index (χ2v) is 5.05. The van der Waals surface area contributed by atoms with Gasteiger partial charge in [0.2, 0.25) is 0 Å². The highest BCUT2D eigenvalue weighted by Crippen LogP contribution is 2.17. The summed E-state index contributed by atoms with van der Waals surface area (Å²) in [6.07, 6.45) is 7.75. The average molecular weight is 251 g/mol. The standard InChI is InChI=1S/C13H21N3O2/c1-10-9-16(13(18)15-12(10)17)8-4-7-14-11-5-2-3-6-11/h9,11,14H,2-8H2,1H3,(H,15,17,18). The van der Waals surface area contributed by atoms with Crippen molar-refractivity contribution >= 4 is 0 Å². The van der Waals surface area contributed by atoms with Crippen LogP contribution in [0.1, 0.15) is 37.7 Å². The summed E-state index contributed by atoms with van der Waals surface area (Å²) in [6, 6.07) is 0.666. The highest BCUT2D eigenvalue weighted by atomic mass is 16.2. The zero-order valence-corrected chi connectivity index (χ0v) is 10.9. The van der Waals surface area contributed by atoms with Gasteiger partial charge in [-0.15, -0.1) is 0 Å². The summed E-state index contributed by atoms with van der Waals surface area (Å²) >= 11 is 0. The van der Waals surface area contributed by atoms with Crippen LogP contribution in [-0.2, 0) is 6.54 Å². The fourth-order valence-electron chi connectivity index (χ4n) is 2.47. The smallest absolute Gasteiger partial charge is 0.314 e. The minimum atomic E-state index is -0.313. The zero-order chi connectivity index (χ0) is 13.0. The minimum Gasteiger partial charge on any atom is -0.314 e. The summed E-state index contributed by atoms with van der Waals surface area (Å²) in [5, 5.41) is 3.51. The van der Waals surface area contributed by atoms with Gasteiger partial charge in [0.1, 0.15) is 0 Å². The molecular formula is C13H21N3O2. The molecule has 0 aliphatic heterocycles. The predicted octanol–water partition coefficient (Wildman–Crippen LogP) is 0.767. The van der Waals surface area contributed by atoms with Gasteiger partial charge in [-0.3, -0.25) is 9.78 Å². The van der Waals surface area contributed by atoms with Crippen LogP contribution in [0, 0.1) is 6.92 Å². The summed E-state index contributed by atoms with van der Waals surface area (Å²) in [5.41, 5.74) is -0.0230. The molecule has 0 spiro atoms. The average Bonchev–Trinajstić information content (AvgIpc) is 2.84. The highest BCUT2D eigenvalue weighted by molar-refractivity contribution is 5.00. The molecule has 5 nitrogen and oxygen atoms in total. The van der Waals surface area contributed by atoms with Crippen molar-refractivity contribution in [3.05, 3.63) is 32.6 Å². The lowest BCUT2D eigenvalue weighted by Crippen LogP contribution is -2.32. The molecule has 0 radical (unpaired) electrons. The van der Waals surface area contributed by atoms with E-state index in [-0.39, 0.29) is 11.2 Å². The molecule has 1 aromatic heterocycles. The van der Waals surface area contributed by atoms with E-state index in [0.29, 0.717) is 18.2 Å². The van der Waals surface area contributed by atoms with Gasteiger partial charge in [0.15, 0.2) is 0 Å². The molecule has 1 fully saturated rings. The molecule has 5 heteroatoms. The Bertz CT molecular complexity index is 498. The van der Waals surface area contributed by atoms with Crippen molar-refractivity contribution in [3.8, 4) is 0 Å². The van der Waals surface area contributed by atoms with Gasteiger partial charge in [0, 0.05) is 24.3 Å². The molecule has 0 atom stereocenters. The quantitative estimate of drug-likeness (QED) is 0.760. The van der Waals surface area contributed by atoms with Crippen LogP contribution in [0.3, 0.4) is 0 Å². The number of rotatable bonds is 5. The van der Waals surface area contributed by atoms with E-state index in [1.165, 1.54) is 25.7 Å². The molecule has 0 unspecified atom stereocenters. The Labute approximate surface area is 106 Å². The Morgan fingerprint density at radius 2 is 2.11 bits per heavy atom. The molecule has 1 aliphatic carbocycles. The topological polar surface area (TPSA) is 66.9 Å². The Morgan fingerprint density at radius 1 is 1.39 bits per heavy atom. The van der Waals surface area contributed by atoms with E-state index in [4.69, 9.17) is 0 Å². The molecule has 1 heterocycles. The van der Waals surface area contributed by atoms with Crippen LogP contribution < -0.4 is 16.6 Å². The predicted molar refractivity (Wildman–Crippen MR) is 70.9 cm³/mol. The number of aromatic nitrogens is 2. The van der Waals surface area contributed by atoms with Crippen LogP contribution in [-0.4, -0.2) is 22.1 Å². The SMILES string of the molecule is Cc1cn(CCCNC2CCCC2)c(=O)[nH]c1=O. The second kappa shape index (κ2) is 6.00. The zero-order valence-electron chi connectivity index (χ0n) is 10.9. The van der Waals surface area contributed by atoms with E-state index in [9.17, 15) is 9.59 Å². The molecule has 0 saturated heterocycles. The third kappa shape index (κ3) is 3.32. The molecule has 1 aliphatic rings. The number of aryl methyl sites for hydroxylation is 2. The molecule has 1 aromatic rings. The fourth-order valence-corrected chi connectivity index (χ4v) is 2.47. The van der Waals surface area contributed by atoms with Crippen molar-refractivity contribution in [1.29, 1.82) is 0 Å². The first-order chi connectivity index (χ1) is 8.66. The fraction of sp³-hybridized carbons (Fsp3) is 0.692. The van der Waals surface area contributed by atoms with Gasteiger partial charge in [-0.2, -0.15) is 0 Å². The van der Waals surface area contributed by atoms with Crippen molar-refractivity contribution in [2.24, 2.45) is 0 Å². The summed E-state index contributed by atoms with van der Waals surface area (Å²) in [4.78, 5) is 25.1. The van der Waals surface area contributed by atoms with Gasteiger partial charge < -0.3 is 9.88 Å². The Morgan fingerprint density at radius 3 is 2.83 bits per heavy atom. The second-order valence-electron chi connectivity index (χ2n) is 5.05. The molecule has 2 N–H and O–H groups in total. The van der Waals surface area contributed by atoms with E-state index < -0.39 is 0 Å². The Hall–Kier alpha value is -1.36. The van der Waals surface area contributed by atoms with E-state index in [0.717, 1.165) is 13.0 Å². The number of nitrogens with zero attached hydrogens (tertiary/aromatic N) is 1. The largest absolute Gasteiger partial charge is 0.328 e. The normalized spacial score (nSPS) is 16.3. The third-order valence-corrected chi connectivity index (χ3v) is 3.55. The van der Waals surface area contributed by atoms with Gasteiger partial charge in [-0.25, -0.2) is 4.79 Å². The van der Waals surface area contributed by atoms with Crippen molar-refractivity contribution in [2.45, 2.75) is 51.6 Å². The molecule has 0 aromatic carbocycles. The van der Waals surface area contributed by atoms with Crippen LogP contribution in [0.5, 0.6) is 0 Å². The maximum Gasteiger partial charge on any atom is 0.328 e. The molecule has 1 saturated carbocycles. The lowest BCUT2D eigenvalue weighted by atomic mass is 10.2. The van der Waals surface area contributed by atoms with Crippen LogP contribution in [0.4, 0.5) is 0 Å². The first kappa shape index (κ1) is 13.1. The summed E-state index contributed by atoms with van der Waals surface area (Å²) < 4.78 is 1.58. The summed E-state index contributed by atoms with van der Waals surface area (Å²) in [7, 11) is 0. The van der Waals surface area contributed by atoms with E-state index in [1.807, 2.05) is 0 Å². The highest BCUT2D eigenvalue weighted by Gasteiger charge is 2.13. The van der Waals surface area contributed by atoms with Gasteiger partial charge in [-0.05, 0) is 32.7 Å². The van der Waals surface area contributed by atoms with E-state index in [2.05, 4.69) is 10.3 Å². The summed E-state index contributed by atoms with van der Waals surface area (Å²) in [6.45, 7) is 3.29. The van der Waals surface area contributed by atoms with Crippen molar-refractivity contribution in [3.63, 3.8) is 0 Å². The maximum atomic E-state index is 11.5. The molecule has 100 valence electrons. The molecule has 18 heavy (non-hydrogen) atoms. The van der Waals surface area contributed by atoms with Crippen molar-refractivity contribution in [1.82, 2.24) is 14.9 Å². The number of aromatic amines is 1. The van der Waals surface area contributed by atoms with Gasteiger partial charge >= 0.3 is 5.69 Å². The third-order valence-electron chi connectivity index (χ3n) is 3.55. The minimum absolute atomic E-state index is 0.291. The first-order valence-electron chi connectivity index (χ1n) is 6.70. The number of hydrogen-bond donors (Lipinski definition) is 2. The van der Waals surface area contributed by atoms with Crippen molar-refractivity contribution < 1.29 is 0 Å². The molecule has 0 amide bonds. The van der Waals surface area contributed by atoms with Crippen LogP contribution in [0.2, 0.25) is 0 Å². The van der Waals surface area contributed by atoms with Crippen molar-refractivity contribution in [2.75, 3.05) is 6.54 Å². The number of nitrogens with one attached hydrogen (secondary N) is 2. The van der Waals surface area contributed by atoms with Gasteiger partial charge in [0.05, 0.1) is 0 Å². The molecule has 2 rings (SSSR count). The maximum absolute atomic E-state index is 11.5. The lowest BCUT2D eigenvalue weighted by Gasteiger charge is -2.12. The number of H-pyrrole nitrogens is 1. The first-order valence-corrected chi connectivity index (χ1v) is 6.70. The Kier molecular flexibility index (Phi) is 4.36. The van der Waals surface area contributed by atoms with Crippen LogP contribution in [0.15, 0.2) is 15.8 Å². The number of hydrogen-bond acceptors (Lipinski definition) is 3. The van der Waals surface area contributed by atoms with Crippen LogP contribution >= 0.6 is 0 Å². The van der Waals surface area contributed by atoms with E-state index >= 15 is 0 Å². The van der Waals surface area contributed by atoms with Gasteiger partial charge in [0.25, 0.3) is 5.56 Å². The monoisotopic (exact) mass is 251 g/mol.